The zero-order valence-corrected chi connectivity index (χ0v) is 8.84. The van der Waals surface area contributed by atoms with Gasteiger partial charge in [0.15, 0.2) is 0 Å². The molecule has 1 aliphatic rings. The van der Waals surface area contributed by atoms with Crippen LogP contribution in [0.15, 0.2) is 0 Å². The van der Waals surface area contributed by atoms with Crippen molar-refractivity contribution in [3.63, 3.8) is 0 Å². The highest BCUT2D eigenvalue weighted by atomic mass is 16.2. The molecule has 3 nitrogen and oxygen atoms in total. The highest BCUT2D eigenvalue weighted by Gasteiger charge is 2.31. The summed E-state index contributed by atoms with van der Waals surface area (Å²) in [5.41, 5.74) is 0. The summed E-state index contributed by atoms with van der Waals surface area (Å²) in [5.74, 6) is 0.767. The zero-order valence-electron chi connectivity index (χ0n) is 8.84. The summed E-state index contributed by atoms with van der Waals surface area (Å²) in [6.45, 7) is 8.83. The van der Waals surface area contributed by atoms with Gasteiger partial charge < -0.3 is 10.2 Å². The minimum Gasteiger partial charge on any atom is -0.342 e. The number of amides is 1. The second-order valence-electron chi connectivity index (χ2n) is 3.71. The van der Waals surface area contributed by atoms with E-state index in [1.54, 1.807) is 0 Å². The first kappa shape index (κ1) is 10.5. The van der Waals surface area contributed by atoms with Crippen LogP contribution >= 0.6 is 0 Å². The van der Waals surface area contributed by atoms with Gasteiger partial charge in [0, 0.05) is 13.1 Å². The molecule has 1 heterocycles. The summed E-state index contributed by atoms with van der Waals surface area (Å²) in [5, 5.41) is 3.26. The number of nitrogens with one attached hydrogen (secondary N) is 1. The summed E-state index contributed by atoms with van der Waals surface area (Å²) < 4.78 is 0. The summed E-state index contributed by atoms with van der Waals surface area (Å²) in [6, 6.07) is 0.0694. The molecular formula is C10H20N2O. The van der Waals surface area contributed by atoms with Gasteiger partial charge in [-0.05, 0) is 32.7 Å². The van der Waals surface area contributed by atoms with E-state index in [2.05, 4.69) is 12.2 Å². The molecule has 0 aromatic carbocycles. The van der Waals surface area contributed by atoms with Gasteiger partial charge in [-0.25, -0.2) is 0 Å². The zero-order chi connectivity index (χ0) is 9.84. The Bertz CT molecular complexity index is 178. The van der Waals surface area contributed by atoms with Crippen LogP contribution in [-0.4, -0.2) is 36.5 Å². The van der Waals surface area contributed by atoms with Gasteiger partial charge in [0.2, 0.25) is 5.91 Å². The van der Waals surface area contributed by atoms with Crippen molar-refractivity contribution < 1.29 is 4.79 Å². The van der Waals surface area contributed by atoms with E-state index in [0.29, 0.717) is 5.92 Å². The number of hydrogen-bond donors (Lipinski definition) is 1. The van der Waals surface area contributed by atoms with Gasteiger partial charge in [-0.2, -0.15) is 0 Å². The summed E-state index contributed by atoms with van der Waals surface area (Å²) in [4.78, 5) is 13.8. The third kappa shape index (κ3) is 2.21. The highest BCUT2D eigenvalue weighted by Crippen LogP contribution is 2.16. The maximum absolute atomic E-state index is 11.9. The van der Waals surface area contributed by atoms with Crippen LogP contribution in [0.5, 0.6) is 0 Å². The van der Waals surface area contributed by atoms with Crippen LogP contribution in [0.4, 0.5) is 0 Å². The quantitative estimate of drug-likeness (QED) is 0.705. The Morgan fingerprint density at radius 2 is 2.08 bits per heavy atom. The molecule has 1 amide bonds. The lowest BCUT2D eigenvalue weighted by Gasteiger charge is -2.24. The second-order valence-corrected chi connectivity index (χ2v) is 3.71. The number of nitrogens with zero attached hydrogens (tertiary/aromatic N) is 1. The first-order valence-corrected chi connectivity index (χ1v) is 5.22. The van der Waals surface area contributed by atoms with E-state index >= 15 is 0 Å². The van der Waals surface area contributed by atoms with Gasteiger partial charge in [0.05, 0.1) is 6.04 Å². The van der Waals surface area contributed by atoms with Crippen molar-refractivity contribution in [3.8, 4) is 0 Å². The van der Waals surface area contributed by atoms with E-state index in [-0.39, 0.29) is 11.9 Å². The van der Waals surface area contributed by atoms with E-state index < -0.39 is 0 Å². The maximum atomic E-state index is 11.9. The third-order valence-corrected chi connectivity index (χ3v) is 2.87. The fourth-order valence-electron chi connectivity index (χ4n) is 1.90. The monoisotopic (exact) mass is 184 g/mol. The van der Waals surface area contributed by atoms with Crippen molar-refractivity contribution in [2.45, 2.75) is 33.2 Å². The van der Waals surface area contributed by atoms with Crippen molar-refractivity contribution in [2.24, 2.45) is 5.92 Å². The molecule has 0 radical (unpaired) electrons. The minimum absolute atomic E-state index is 0.0694. The van der Waals surface area contributed by atoms with E-state index in [1.807, 2.05) is 18.7 Å². The molecular weight excluding hydrogens is 164 g/mol. The Morgan fingerprint density at radius 1 is 1.46 bits per heavy atom. The number of carbonyl (C=O) groups is 1. The lowest BCUT2D eigenvalue weighted by atomic mass is 10.0. The molecule has 3 heteroatoms. The minimum atomic E-state index is 0.0694. The molecule has 1 aliphatic heterocycles. The van der Waals surface area contributed by atoms with Gasteiger partial charge >= 0.3 is 0 Å². The van der Waals surface area contributed by atoms with E-state index in [4.69, 9.17) is 0 Å². The van der Waals surface area contributed by atoms with Crippen molar-refractivity contribution in [3.05, 3.63) is 0 Å². The summed E-state index contributed by atoms with van der Waals surface area (Å²) in [7, 11) is 0. The molecule has 0 aromatic heterocycles. The molecule has 0 bridgehead atoms. The SMILES string of the molecule is CCN(CC)C(=O)C1NCCC1C. The van der Waals surface area contributed by atoms with Gasteiger partial charge in [-0.3, -0.25) is 4.79 Å². The molecule has 2 unspecified atom stereocenters. The van der Waals surface area contributed by atoms with Crippen molar-refractivity contribution in [1.29, 1.82) is 0 Å². The maximum Gasteiger partial charge on any atom is 0.239 e. The summed E-state index contributed by atoms with van der Waals surface area (Å²) in [6.07, 6.45) is 1.12. The van der Waals surface area contributed by atoms with Crippen LogP contribution in [0.3, 0.4) is 0 Å². The van der Waals surface area contributed by atoms with Crippen LogP contribution < -0.4 is 5.32 Å². The van der Waals surface area contributed by atoms with Crippen LogP contribution in [0.25, 0.3) is 0 Å². The lowest BCUT2D eigenvalue weighted by molar-refractivity contribution is -0.133. The van der Waals surface area contributed by atoms with Crippen LogP contribution in [0, 0.1) is 5.92 Å². The molecule has 0 spiro atoms. The predicted octanol–water partition coefficient (Wildman–Crippen LogP) is 0.853. The Balaban J connectivity index is 2.54. The average molecular weight is 184 g/mol. The van der Waals surface area contributed by atoms with Crippen LogP contribution in [-0.2, 0) is 4.79 Å². The number of likely N-dealkylation sites (N-methyl/N-ethyl adjacent to an activating group) is 1. The molecule has 13 heavy (non-hydrogen) atoms. The highest BCUT2D eigenvalue weighted by molar-refractivity contribution is 5.82. The molecule has 1 fully saturated rings. The molecule has 1 N–H and O–H groups in total. The van der Waals surface area contributed by atoms with Gasteiger partial charge in [0.1, 0.15) is 0 Å². The van der Waals surface area contributed by atoms with Crippen LogP contribution in [0.1, 0.15) is 27.2 Å². The first-order valence-electron chi connectivity index (χ1n) is 5.22. The smallest absolute Gasteiger partial charge is 0.239 e. The average Bonchev–Trinajstić information content (AvgIpc) is 2.53. The third-order valence-electron chi connectivity index (χ3n) is 2.87. The molecule has 2 atom stereocenters. The molecule has 1 rings (SSSR count). The fraction of sp³-hybridized carbons (Fsp3) is 0.900. The largest absolute Gasteiger partial charge is 0.342 e. The molecule has 0 saturated carbocycles. The van der Waals surface area contributed by atoms with Crippen molar-refractivity contribution >= 4 is 5.91 Å². The number of hydrogen-bond acceptors (Lipinski definition) is 2. The normalized spacial score (nSPS) is 27.6. The first-order chi connectivity index (χ1) is 6.20. The Hall–Kier alpha value is -0.570. The second kappa shape index (κ2) is 4.61. The van der Waals surface area contributed by atoms with E-state index in [1.165, 1.54) is 0 Å². The molecule has 0 aliphatic carbocycles. The number of rotatable bonds is 3. The Labute approximate surface area is 80.5 Å². The fourth-order valence-corrected chi connectivity index (χ4v) is 1.90. The molecule has 1 saturated heterocycles. The number of carbonyl (C=O) groups excluding carboxylic acids is 1. The van der Waals surface area contributed by atoms with E-state index in [9.17, 15) is 4.79 Å². The van der Waals surface area contributed by atoms with Crippen molar-refractivity contribution in [2.75, 3.05) is 19.6 Å². The Kier molecular flexibility index (Phi) is 3.72. The molecule has 76 valence electrons. The molecule has 0 aromatic rings. The van der Waals surface area contributed by atoms with Crippen molar-refractivity contribution in [1.82, 2.24) is 10.2 Å². The van der Waals surface area contributed by atoms with Crippen LogP contribution in [0.2, 0.25) is 0 Å². The van der Waals surface area contributed by atoms with E-state index in [0.717, 1.165) is 26.1 Å². The Morgan fingerprint density at radius 3 is 2.46 bits per heavy atom. The van der Waals surface area contributed by atoms with Gasteiger partial charge in [-0.15, -0.1) is 0 Å². The van der Waals surface area contributed by atoms with Gasteiger partial charge in [0.25, 0.3) is 0 Å². The topological polar surface area (TPSA) is 32.3 Å². The lowest BCUT2D eigenvalue weighted by Crippen LogP contribution is -2.45. The van der Waals surface area contributed by atoms with Gasteiger partial charge in [-0.1, -0.05) is 6.92 Å². The summed E-state index contributed by atoms with van der Waals surface area (Å²) >= 11 is 0. The standard InChI is InChI=1S/C10H20N2O/c1-4-12(5-2)10(13)9-8(3)6-7-11-9/h8-9,11H,4-7H2,1-3H3. The predicted molar refractivity (Wildman–Crippen MR) is 53.5 cm³/mol.